The molecule has 0 bridgehead atoms. The molecule has 5 rings (SSSR count). The average molecular weight is 468 g/mol. The minimum Gasteiger partial charge on any atom is -0.355 e. The summed E-state index contributed by atoms with van der Waals surface area (Å²) < 4.78 is 0. The van der Waals surface area contributed by atoms with E-state index in [0.717, 1.165) is 74.9 Å². The molecule has 11 nitrogen and oxygen atoms in total. The third kappa shape index (κ3) is 4.90. The van der Waals surface area contributed by atoms with E-state index in [1.807, 2.05) is 13.0 Å². The summed E-state index contributed by atoms with van der Waals surface area (Å²) in [6.45, 7) is 7.25. The number of rotatable bonds is 4. The van der Waals surface area contributed by atoms with E-state index >= 15 is 0 Å². The largest absolute Gasteiger partial charge is 0.355 e. The maximum atomic E-state index is 11.8. The van der Waals surface area contributed by atoms with Crippen molar-refractivity contribution in [3.63, 3.8) is 0 Å². The molecule has 0 unspecified atom stereocenters. The molecule has 3 aliphatic rings. The zero-order valence-corrected chi connectivity index (χ0v) is 19.2. The summed E-state index contributed by atoms with van der Waals surface area (Å²) in [7, 11) is 0. The van der Waals surface area contributed by atoms with E-state index in [9.17, 15) is 9.59 Å². The van der Waals surface area contributed by atoms with E-state index in [-0.39, 0.29) is 10.1 Å². The van der Waals surface area contributed by atoms with Crippen LogP contribution in [0.15, 0.2) is 17.3 Å². The molecule has 5 heterocycles. The van der Waals surface area contributed by atoms with Crippen LogP contribution in [0.2, 0.25) is 0 Å². The fraction of sp³-hybridized carbons (Fsp3) is 0.476. The second-order valence-corrected chi connectivity index (χ2v) is 9.20. The molecule has 0 spiro atoms. The van der Waals surface area contributed by atoms with E-state index in [1.165, 1.54) is 25.2 Å². The highest BCUT2D eigenvalue weighted by atomic mass is 32.2. The molecule has 2 aromatic heterocycles. The smallest absolute Gasteiger partial charge is 0.290 e. The number of hydrogen-bond donors (Lipinski definition) is 1. The first-order valence-corrected chi connectivity index (χ1v) is 11.9. The lowest BCUT2D eigenvalue weighted by atomic mass is 10.3. The first kappa shape index (κ1) is 21.6. The lowest BCUT2D eigenvalue weighted by molar-refractivity contribution is -0.115. The Labute approximate surface area is 195 Å². The van der Waals surface area contributed by atoms with Gasteiger partial charge in [-0.2, -0.15) is 9.97 Å². The Balaban J connectivity index is 1.30. The Morgan fingerprint density at radius 3 is 2.39 bits per heavy atom. The minimum atomic E-state index is -0.425. The maximum Gasteiger partial charge on any atom is 0.290 e. The van der Waals surface area contributed by atoms with Gasteiger partial charge in [0, 0.05) is 57.1 Å². The van der Waals surface area contributed by atoms with Crippen molar-refractivity contribution in [2.45, 2.75) is 26.2 Å². The van der Waals surface area contributed by atoms with E-state index in [2.05, 4.69) is 40.0 Å². The van der Waals surface area contributed by atoms with Crippen molar-refractivity contribution in [1.82, 2.24) is 30.2 Å². The summed E-state index contributed by atoms with van der Waals surface area (Å²) in [6.07, 6.45) is 6.26. The predicted molar refractivity (Wildman–Crippen MR) is 126 cm³/mol. The van der Waals surface area contributed by atoms with Gasteiger partial charge in [-0.05, 0) is 37.9 Å². The van der Waals surface area contributed by atoms with E-state index in [4.69, 9.17) is 4.98 Å². The lowest BCUT2D eigenvalue weighted by Crippen LogP contribution is -2.32. The fourth-order valence-electron chi connectivity index (χ4n) is 4.16. The van der Waals surface area contributed by atoms with E-state index in [1.54, 1.807) is 0 Å². The van der Waals surface area contributed by atoms with Crippen LogP contribution in [0.25, 0.3) is 6.08 Å². The van der Waals surface area contributed by atoms with Gasteiger partial charge in [-0.3, -0.25) is 14.9 Å². The molecule has 172 valence electrons. The molecule has 0 saturated carbocycles. The Morgan fingerprint density at radius 1 is 0.879 bits per heavy atom. The molecule has 1 N–H and O–H groups in total. The average Bonchev–Trinajstić information content (AvgIpc) is 3.36. The minimum absolute atomic E-state index is 0.284. The van der Waals surface area contributed by atoms with E-state index in [0.29, 0.717) is 11.8 Å². The molecule has 33 heavy (non-hydrogen) atoms. The van der Waals surface area contributed by atoms with Gasteiger partial charge < -0.3 is 14.7 Å². The number of anilines is 3. The Hall–Kier alpha value is -3.28. The predicted octanol–water partition coefficient (Wildman–Crippen LogP) is 1.61. The summed E-state index contributed by atoms with van der Waals surface area (Å²) in [5.74, 6) is 2.28. The molecule has 0 atom stereocenters. The zero-order chi connectivity index (χ0) is 22.8. The molecule has 0 aliphatic carbocycles. The molecule has 0 aromatic carbocycles. The van der Waals surface area contributed by atoms with Crippen LogP contribution in [-0.2, 0) is 4.79 Å². The van der Waals surface area contributed by atoms with Crippen LogP contribution in [0.4, 0.5) is 22.5 Å². The number of thioether (sulfide) groups is 1. The highest BCUT2D eigenvalue weighted by Crippen LogP contribution is 2.25. The van der Waals surface area contributed by atoms with Crippen LogP contribution in [0.5, 0.6) is 0 Å². The second kappa shape index (κ2) is 9.30. The number of aryl methyl sites for hydroxylation is 1. The fourth-order valence-corrected chi connectivity index (χ4v) is 4.82. The summed E-state index contributed by atoms with van der Waals surface area (Å²) in [5.41, 5.74) is 0.977. The lowest BCUT2D eigenvalue weighted by Gasteiger charge is -2.24. The number of carbonyl (C=O) groups excluding carboxylic acids is 2. The SMILES string of the molecule is Cc1cc(N2CCCN(c3ncnc(C=C4SC(=O)NC4=O)n3)CC2)nc(N2CCCC2)n1. The Kier molecular flexibility index (Phi) is 6.07. The van der Waals surface area contributed by atoms with Crippen molar-refractivity contribution < 1.29 is 9.59 Å². The topological polar surface area (TPSA) is 120 Å². The van der Waals surface area contributed by atoms with E-state index < -0.39 is 5.91 Å². The molecular weight excluding hydrogens is 442 g/mol. The third-order valence-electron chi connectivity index (χ3n) is 5.80. The normalized spacial score (nSPS) is 20.5. The van der Waals surface area contributed by atoms with Crippen LogP contribution in [0.3, 0.4) is 0 Å². The Bertz CT molecular complexity index is 1100. The van der Waals surface area contributed by atoms with Crippen LogP contribution in [-0.4, -0.2) is 75.3 Å². The first-order valence-electron chi connectivity index (χ1n) is 11.1. The monoisotopic (exact) mass is 467 g/mol. The Morgan fingerprint density at radius 2 is 1.61 bits per heavy atom. The van der Waals surface area contributed by atoms with Gasteiger partial charge in [0.25, 0.3) is 11.1 Å². The number of carbonyl (C=O) groups is 2. The number of nitrogens with zero attached hydrogens (tertiary/aromatic N) is 8. The number of amides is 2. The standard InChI is InChI=1S/C21H25N9O2S/c1-14-11-17(26-20(24-14)29-5-2-3-6-29)28-7-4-8-30(10-9-28)19-23-13-22-16(25-19)12-15-18(31)27-21(32)33-15/h11-13H,2-10H2,1H3,(H,27,31,32). The molecular formula is C21H25N9O2S. The molecule has 2 aromatic rings. The molecule has 3 aliphatic heterocycles. The van der Waals surface area contributed by atoms with Gasteiger partial charge >= 0.3 is 0 Å². The number of aromatic nitrogens is 5. The highest BCUT2D eigenvalue weighted by Gasteiger charge is 2.26. The van der Waals surface area contributed by atoms with Gasteiger partial charge in [0.05, 0.1) is 4.91 Å². The third-order valence-corrected chi connectivity index (χ3v) is 6.61. The number of hydrogen-bond acceptors (Lipinski definition) is 11. The first-order chi connectivity index (χ1) is 16.0. The van der Waals surface area contributed by atoms with Gasteiger partial charge in [0.2, 0.25) is 11.9 Å². The van der Waals surface area contributed by atoms with Gasteiger partial charge in [-0.25, -0.2) is 15.0 Å². The van der Waals surface area contributed by atoms with Gasteiger partial charge in [-0.15, -0.1) is 0 Å². The quantitative estimate of drug-likeness (QED) is 0.660. The summed E-state index contributed by atoms with van der Waals surface area (Å²) in [4.78, 5) is 52.7. The summed E-state index contributed by atoms with van der Waals surface area (Å²) >= 11 is 0.848. The van der Waals surface area contributed by atoms with Gasteiger partial charge in [0.1, 0.15) is 12.1 Å². The van der Waals surface area contributed by atoms with Crippen molar-refractivity contribution in [3.8, 4) is 0 Å². The van der Waals surface area contributed by atoms with Crippen molar-refractivity contribution in [1.29, 1.82) is 0 Å². The maximum absolute atomic E-state index is 11.8. The number of imide groups is 1. The molecule has 0 radical (unpaired) electrons. The number of nitrogens with one attached hydrogen (secondary N) is 1. The van der Waals surface area contributed by atoms with Gasteiger partial charge in [-0.1, -0.05) is 0 Å². The van der Waals surface area contributed by atoms with Gasteiger partial charge in [0.15, 0.2) is 5.82 Å². The summed E-state index contributed by atoms with van der Waals surface area (Å²) in [5, 5.41) is 1.85. The molecule has 12 heteroatoms. The van der Waals surface area contributed by atoms with Crippen molar-refractivity contribution >= 4 is 46.7 Å². The van der Waals surface area contributed by atoms with Crippen LogP contribution in [0, 0.1) is 6.92 Å². The van der Waals surface area contributed by atoms with Crippen LogP contribution >= 0.6 is 11.8 Å². The summed E-state index contributed by atoms with van der Waals surface area (Å²) in [6, 6.07) is 2.05. The van der Waals surface area contributed by atoms with Crippen molar-refractivity contribution in [2.75, 3.05) is 54.0 Å². The molecule has 2 amide bonds. The zero-order valence-electron chi connectivity index (χ0n) is 18.4. The second-order valence-electron chi connectivity index (χ2n) is 8.19. The van der Waals surface area contributed by atoms with Crippen molar-refractivity contribution in [3.05, 3.63) is 28.8 Å². The van der Waals surface area contributed by atoms with Crippen molar-refractivity contribution in [2.24, 2.45) is 0 Å². The van der Waals surface area contributed by atoms with Crippen LogP contribution in [0.1, 0.15) is 30.8 Å². The highest BCUT2D eigenvalue weighted by molar-refractivity contribution is 8.18. The molecule has 3 fully saturated rings. The van der Waals surface area contributed by atoms with Crippen LogP contribution < -0.4 is 20.0 Å². The molecule has 3 saturated heterocycles.